The van der Waals surface area contributed by atoms with Crippen molar-refractivity contribution in [3.05, 3.63) is 0 Å². The van der Waals surface area contributed by atoms with E-state index >= 15 is 0 Å². The largest absolute Gasteiger partial charge is 0.343 e. The van der Waals surface area contributed by atoms with Crippen LogP contribution < -0.4 is 5.32 Å². The van der Waals surface area contributed by atoms with Gasteiger partial charge in [0.1, 0.15) is 0 Å². The fraction of sp³-hybridized carbons (Fsp3) is 0.882. The average molecular weight is 344 g/mol. The van der Waals surface area contributed by atoms with E-state index in [1.165, 1.54) is 25.7 Å². The summed E-state index contributed by atoms with van der Waals surface area (Å²) in [4.78, 5) is 28.0. The van der Waals surface area contributed by atoms with Crippen LogP contribution >= 0.6 is 12.4 Å². The summed E-state index contributed by atoms with van der Waals surface area (Å²) in [7, 11) is 1.87. The molecule has 0 bridgehead atoms. The number of rotatable bonds is 2. The van der Waals surface area contributed by atoms with Crippen molar-refractivity contribution in [2.45, 2.75) is 70.0 Å². The Kier molecular flexibility index (Phi) is 6.32. The van der Waals surface area contributed by atoms with Crippen molar-refractivity contribution in [2.75, 3.05) is 20.1 Å². The first-order valence-corrected chi connectivity index (χ1v) is 8.84. The Morgan fingerprint density at radius 3 is 2.35 bits per heavy atom. The van der Waals surface area contributed by atoms with Crippen molar-refractivity contribution in [3.8, 4) is 0 Å². The minimum absolute atomic E-state index is 0. The van der Waals surface area contributed by atoms with Crippen LogP contribution in [0.5, 0.6) is 0 Å². The van der Waals surface area contributed by atoms with E-state index in [9.17, 15) is 9.59 Å². The van der Waals surface area contributed by atoms with Crippen LogP contribution in [0.15, 0.2) is 0 Å². The molecule has 1 saturated carbocycles. The maximum Gasteiger partial charge on any atom is 0.239 e. The van der Waals surface area contributed by atoms with Gasteiger partial charge in [-0.25, -0.2) is 0 Å². The molecule has 23 heavy (non-hydrogen) atoms. The maximum atomic E-state index is 12.7. The third-order valence-corrected chi connectivity index (χ3v) is 5.98. The smallest absolute Gasteiger partial charge is 0.239 e. The van der Waals surface area contributed by atoms with Gasteiger partial charge in [0.15, 0.2) is 0 Å². The van der Waals surface area contributed by atoms with E-state index in [2.05, 4.69) is 5.32 Å². The molecule has 3 rings (SSSR count). The minimum atomic E-state index is 0. The number of hydrogen-bond donors (Lipinski definition) is 1. The van der Waals surface area contributed by atoms with Gasteiger partial charge in [-0.2, -0.15) is 0 Å². The molecule has 0 aromatic heterocycles. The van der Waals surface area contributed by atoms with Crippen molar-refractivity contribution < 1.29 is 9.59 Å². The van der Waals surface area contributed by atoms with Crippen LogP contribution in [0.1, 0.15) is 51.9 Å². The van der Waals surface area contributed by atoms with Gasteiger partial charge >= 0.3 is 0 Å². The number of fused-ring (bicyclic) bond motifs is 1. The molecule has 1 aliphatic carbocycles. The Labute approximate surface area is 145 Å². The maximum absolute atomic E-state index is 12.7. The van der Waals surface area contributed by atoms with Crippen molar-refractivity contribution in [2.24, 2.45) is 5.92 Å². The van der Waals surface area contributed by atoms with Gasteiger partial charge in [-0.05, 0) is 38.0 Å². The Hall–Kier alpha value is -0.810. The zero-order valence-electron chi connectivity index (χ0n) is 14.3. The molecule has 3 unspecified atom stereocenters. The van der Waals surface area contributed by atoms with Crippen LogP contribution in [0.2, 0.25) is 0 Å². The second kappa shape index (κ2) is 7.84. The number of hydrogen-bond acceptors (Lipinski definition) is 3. The normalized spacial score (nSPS) is 31.2. The van der Waals surface area contributed by atoms with Gasteiger partial charge in [-0.15, -0.1) is 12.4 Å². The van der Waals surface area contributed by atoms with Gasteiger partial charge in [-0.1, -0.05) is 12.8 Å². The van der Waals surface area contributed by atoms with Crippen LogP contribution in [-0.4, -0.2) is 59.9 Å². The van der Waals surface area contributed by atoms with Crippen molar-refractivity contribution >= 4 is 24.2 Å². The molecule has 5 nitrogen and oxygen atoms in total. The molecule has 3 aliphatic rings. The Balaban J connectivity index is 0.00000192. The highest BCUT2D eigenvalue weighted by Crippen LogP contribution is 2.34. The van der Waals surface area contributed by atoms with Gasteiger partial charge in [0.25, 0.3) is 0 Å². The molecule has 3 atom stereocenters. The Morgan fingerprint density at radius 2 is 1.74 bits per heavy atom. The summed E-state index contributed by atoms with van der Waals surface area (Å²) in [5.74, 6) is 1.12. The number of piperidine rings is 1. The second-order valence-corrected chi connectivity index (χ2v) is 7.29. The molecule has 2 amide bonds. The molecule has 1 N–H and O–H groups in total. The van der Waals surface area contributed by atoms with E-state index in [4.69, 9.17) is 0 Å². The topological polar surface area (TPSA) is 52.7 Å². The third kappa shape index (κ3) is 4.00. The molecule has 6 heteroatoms. The molecule has 2 aliphatic heterocycles. The Morgan fingerprint density at radius 1 is 1.09 bits per heavy atom. The first kappa shape index (κ1) is 18.5. The number of carbonyl (C=O) groups is 2. The van der Waals surface area contributed by atoms with Crippen LogP contribution in [-0.2, 0) is 9.59 Å². The lowest BCUT2D eigenvalue weighted by molar-refractivity contribution is -0.136. The molecule has 0 aromatic rings. The van der Waals surface area contributed by atoms with Crippen molar-refractivity contribution in [1.82, 2.24) is 15.1 Å². The molecular formula is C17H30ClN3O2. The first-order chi connectivity index (χ1) is 10.6. The summed E-state index contributed by atoms with van der Waals surface area (Å²) < 4.78 is 0. The summed E-state index contributed by atoms with van der Waals surface area (Å²) in [6.45, 7) is 3.19. The van der Waals surface area contributed by atoms with Gasteiger partial charge in [0, 0.05) is 39.1 Å². The van der Waals surface area contributed by atoms with E-state index in [0.29, 0.717) is 23.9 Å². The minimum Gasteiger partial charge on any atom is -0.343 e. The van der Waals surface area contributed by atoms with E-state index in [1.54, 1.807) is 6.92 Å². The number of nitrogens with one attached hydrogen (secondary N) is 1. The van der Waals surface area contributed by atoms with Gasteiger partial charge in [-0.3, -0.25) is 9.59 Å². The predicted octanol–water partition coefficient (Wildman–Crippen LogP) is 1.80. The fourth-order valence-electron chi connectivity index (χ4n) is 4.46. The monoisotopic (exact) mass is 343 g/mol. The van der Waals surface area contributed by atoms with Crippen LogP contribution in [0.3, 0.4) is 0 Å². The highest BCUT2D eigenvalue weighted by Gasteiger charge is 2.40. The first-order valence-electron chi connectivity index (χ1n) is 8.84. The molecule has 2 saturated heterocycles. The van der Waals surface area contributed by atoms with Crippen LogP contribution in [0, 0.1) is 5.92 Å². The van der Waals surface area contributed by atoms with E-state index < -0.39 is 0 Å². The molecule has 0 radical (unpaired) electrons. The molecule has 132 valence electrons. The summed E-state index contributed by atoms with van der Waals surface area (Å²) in [5.41, 5.74) is 0. The van der Waals surface area contributed by atoms with E-state index in [0.717, 1.165) is 32.4 Å². The van der Waals surface area contributed by atoms with Crippen LogP contribution in [0.4, 0.5) is 0 Å². The quantitative estimate of drug-likeness (QED) is 0.831. The highest BCUT2D eigenvalue weighted by atomic mass is 35.5. The summed E-state index contributed by atoms with van der Waals surface area (Å²) in [6, 6.07) is 0.903. The van der Waals surface area contributed by atoms with Gasteiger partial charge < -0.3 is 15.1 Å². The lowest BCUT2D eigenvalue weighted by atomic mass is 9.85. The predicted molar refractivity (Wildman–Crippen MR) is 92.6 cm³/mol. The van der Waals surface area contributed by atoms with Crippen LogP contribution in [0.25, 0.3) is 0 Å². The number of likely N-dealkylation sites (tertiary alicyclic amines) is 1. The highest BCUT2D eigenvalue weighted by molar-refractivity contribution is 5.85. The average Bonchev–Trinajstić information content (AvgIpc) is 2.97. The third-order valence-electron chi connectivity index (χ3n) is 5.98. The van der Waals surface area contributed by atoms with Crippen molar-refractivity contribution in [3.63, 3.8) is 0 Å². The summed E-state index contributed by atoms with van der Waals surface area (Å²) >= 11 is 0. The van der Waals surface area contributed by atoms with Gasteiger partial charge in [0.2, 0.25) is 11.8 Å². The molecule has 2 heterocycles. The van der Waals surface area contributed by atoms with E-state index in [-0.39, 0.29) is 24.4 Å². The zero-order valence-corrected chi connectivity index (χ0v) is 15.1. The number of amides is 2. The van der Waals surface area contributed by atoms with E-state index in [1.807, 2.05) is 16.8 Å². The second-order valence-electron chi connectivity index (χ2n) is 7.29. The summed E-state index contributed by atoms with van der Waals surface area (Å²) in [6.07, 6.45) is 7.98. The molecular weight excluding hydrogens is 314 g/mol. The zero-order chi connectivity index (χ0) is 15.7. The molecule has 0 spiro atoms. The lowest BCUT2D eigenvalue weighted by Crippen LogP contribution is -2.51. The van der Waals surface area contributed by atoms with Crippen molar-refractivity contribution in [1.29, 1.82) is 0 Å². The molecule has 0 aromatic carbocycles. The standard InChI is InChI=1S/C17H29N3O2.ClH/c1-12(21)19(2)14-7-9-20(10-8-14)17(22)16-11-13-5-3-4-6-15(13)18-16;/h13-16,18H,3-11H2,1-2H3;1H. The number of nitrogens with zero attached hydrogens (tertiary/aromatic N) is 2. The lowest BCUT2D eigenvalue weighted by Gasteiger charge is -2.37. The van der Waals surface area contributed by atoms with Gasteiger partial charge in [0.05, 0.1) is 6.04 Å². The Bertz CT molecular complexity index is 424. The number of carbonyl (C=O) groups excluding carboxylic acids is 2. The SMILES string of the molecule is CC(=O)N(C)C1CCN(C(=O)C2CC3CCCCC3N2)CC1.Cl. The number of halogens is 1. The molecule has 3 fully saturated rings. The summed E-state index contributed by atoms with van der Waals surface area (Å²) in [5, 5.41) is 3.59. The fourth-order valence-corrected chi connectivity index (χ4v) is 4.46.